The summed E-state index contributed by atoms with van der Waals surface area (Å²) in [7, 11) is 14.8. The van der Waals surface area contributed by atoms with Crippen LogP contribution >= 0.6 is 0 Å². The van der Waals surface area contributed by atoms with Gasteiger partial charge in [0.1, 0.15) is 12.3 Å². The summed E-state index contributed by atoms with van der Waals surface area (Å²) in [6.45, 7) is 3.32. The first-order valence-corrected chi connectivity index (χ1v) is 14.6. The minimum Gasteiger partial charge on any atom is -1.00 e. The zero-order valence-corrected chi connectivity index (χ0v) is 28.9. The number of halogens is 2. The normalized spacial score (nSPS) is 11.4. The molecule has 38 heavy (non-hydrogen) atoms. The van der Waals surface area contributed by atoms with Crippen molar-refractivity contribution in [3.05, 3.63) is 29.8 Å². The van der Waals surface area contributed by atoms with Gasteiger partial charge in [0.2, 0.25) is 0 Å². The molecular weight excluding hydrogens is 606 g/mol. The molecule has 0 saturated heterocycles. The van der Waals surface area contributed by atoms with Gasteiger partial charge in [-0.15, -0.1) is 0 Å². The zero-order chi connectivity index (χ0) is 26.9. The van der Waals surface area contributed by atoms with E-state index in [1.165, 1.54) is 101 Å². The molecule has 0 N–H and O–H groups in total. The van der Waals surface area contributed by atoms with E-state index in [1.807, 2.05) is 18.2 Å². The minimum atomic E-state index is -0.325. The summed E-state index contributed by atoms with van der Waals surface area (Å²) < 4.78 is 7.58. The van der Waals surface area contributed by atoms with Crippen molar-refractivity contribution in [1.82, 2.24) is 4.90 Å². The van der Waals surface area contributed by atoms with Crippen LogP contribution in [0.4, 0.5) is 4.79 Å². The largest absolute Gasteiger partial charge is 1.00 e. The fourth-order valence-corrected chi connectivity index (χ4v) is 4.71. The number of amides is 1. The number of hydrogen-bond acceptors (Lipinski definition) is 2. The Morgan fingerprint density at radius 2 is 1.05 bits per heavy atom. The van der Waals surface area contributed by atoms with E-state index < -0.39 is 0 Å². The topological polar surface area (TPSA) is 29.5 Å². The lowest BCUT2D eigenvalue weighted by atomic mass is 10.0. The standard InChI is InChI=1S/C31H59N3O2.2BrH/c1-32(2)31(35)36-30-25-21-20-24-29(30)28-34(6,7)27-23-19-17-15-13-11-9-8-10-12-14-16-18-22-26-33(3,4)5;;/h20-21,24-25H,8-19,22-23,26-28H2,1-7H3;2*1H/q+2;;/p-2. The summed E-state index contributed by atoms with van der Waals surface area (Å²) >= 11 is 0. The second-order valence-electron chi connectivity index (χ2n) is 12.7. The zero-order valence-electron chi connectivity index (χ0n) is 25.7. The van der Waals surface area contributed by atoms with Crippen molar-refractivity contribution in [3.8, 4) is 5.75 Å². The molecule has 0 aliphatic carbocycles. The summed E-state index contributed by atoms with van der Waals surface area (Å²) in [5.41, 5.74) is 1.09. The SMILES string of the molecule is CN(C)C(=O)Oc1ccccc1C[N+](C)(C)CCCCCCCCCCCCCCCC[N+](C)(C)C.[Br-].[Br-]. The number of hydrogen-bond donors (Lipinski definition) is 0. The minimum absolute atomic E-state index is 0. The molecule has 0 unspecified atom stereocenters. The molecule has 1 amide bonds. The Labute approximate surface area is 257 Å². The summed E-state index contributed by atoms with van der Waals surface area (Å²) in [5.74, 6) is 0.679. The molecule has 0 radical (unpaired) electrons. The molecule has 0 spiro atoms. The maximum Gasteiger partial charge on any atom is 0.414 e. The van der Waals surface area contributed by atoms with Crippen molar-refractivity contribution in [2.75, 3.05) is 62.4 Å². The number of unbranched alkanes of at least 4 members (excludes halogenated alkanes) is 13. The number of rotatable bonds is 20. The van der Waals surface area contributed by atoms with Crippen molar-refractivity contribution < 1.29 is 52.5 Å². The highest BCUT2D eigenvalue weighted by atomic mass is 79.9. The predicted molar refractivity (Wildman–Crippen MR) is 154 cm³/mol. The quantitative estimate of drug-likeness (QED) is 0.156. The van der Waals surface area contributed by atoms with Crippen LogP contribution in [-0.4, -0.2) is 82.4 Å². The molecule has 5 nitrogen and oxygen atoms in total. The average Bonchev–Trinajstić information content (AvgIpc) is 2.79. The third-order valence-electron chi connectivity index (χ3n) is 6.98. The fraction of sp³-hybridized carbons (Fsp3) is 0.774. The van der Waals surface area contributed by atoms with Crippen molar-refractivity contribution >= 4 is 6.09 Å². The van der Waals surface area contributed by atoms with E-state index in [9.17, 15) is 4.79 Å². The van der Waals surface area contributed by atoms with Crippen LogP contribution in [-0.2, 0) is 6.54 Å². The van der Waals surface area contributed by atoms with E-state index in [0.717, 1.165) is 27.6 Å². The van der Waals surface area contributed by atoms with Gasteiger partial charge in [-0.25, -0.2) is 4.79 Å². The van der Waals surface area contributed by atoms with Crippen LogP contribution < -0.4 is 38.7 Å². The number of carbonyl (C=O) groups excluding carboxylic acids is 1. The van der Waals surface area contributed by atoms with Crippen LogP contribution in [0.25, 0.3) is 0 Å². The van der Waals surface area contributed by atoms with Gasteiger partial charge in [-0.3, -0.25) is 0 Å². The smallest absolute Gasteiger partial charge is 0.414 e. The predicted octanol–water partition coefficient (Wildman–Crippen LogP) is 1.50. The first-order valence-electron chi connectivity index (χ1n) is 14.6. The Hall–Kier alpha value is -0.630. The van der Waals surface area contributed by atoms with Crippen molar-refractivity contribution in [1.29, 1.82) is 0 Å². The maximum absolute atomic E-state index is 12.0. The van der Waals surface area contributed by atoms with E-state index in [1.54, 1.807) is 14.1 Å². The van der Waals surface area contributed by atoms with Crippen LogP contribution in [0, 0.1) is 0 Å². The van der Waals surface area contributed by atoms with Gasteiger partial charge in [-0.05, 0) is 37.8 Å². The first kappa shape index (κ1) is 39.5. The Morgan fingerprint density at radius 3 is 1.47 bits per heavy atom. The van der Waals surface area contributed by atoms with Crippen LogP contribution in [0.5, 0.6) is 5.75 Å². The number of carbonyl (C=O) groups is 1. The van der Waals surface area contributed by atoms with E-state index >= 15 is 0 Å². The third kappa shape index (κ3) is 21.2. The van der Waals surface area contributed by atoms with Gasteiger partial charge in [-0.1, -0.05) is 76.3 Å². The average molecular weight is 666 g/mol. The first-order chi connectivity index (χ1) is 17.0. The molecule has 0 atom stereocenters. The van der Waals surface area contributed by atoms with Crippen LogP contribution in [0.3, 0.4) is 0 Å². The second kappa shape index (κ2) is 22.1. The van der Waals surface area contributed by atoms with Gasteiger partial charge in [0.15, 0.2) is 0 Å². The Morgan fingerprint density at radius 1 is 0.658 bits per heavy atom. The Balaban J connectivity index is 0. The van der Waals surface area contributed by atoms with Crippen LogP contribution in [0.1, 0.15) is 95.5 Å². The lowest BCUT2D eigenvalue weighted by Gasteiger charge is -2.30. The lowest BCUT2D eigenvalue weighted by Crippen LogP contribution is -3.00. The molecule has 0 aliphatic heterocycles. The lowest BCUT2D eigenvalue weighted by molar-refractivity contribution is -0.903. The molecule has 0 aliphatic rings. The Bertz CT molecular complexity index is 721. The number of benzene rings is 1. The number of nitrogens with zero attached hydrogens (tertiary/aromatic N) is 3. The number of ether oxygens (including phenoxy) is 1. The summed E-state index contributed by atoms with van der Waals surface area (Å²) in [4.78, 5) is 13.4. The van der Waals surface area contributed by atoms with E-state index in [0.29, 0.717) is 5.75 Å². The van der Waals surface area contributed by atoms with E-state index in [-0.39, 0.29) is 40.1 Å². The molecule has 0 bridgehead atoms. The highest BCUT2D eigenvalue weighted by molar-refractivity contribution is 5.70. The molecule has 7 heteroatoms. The summed E-state index contributed by atoms with van der Waals surface area (Å²) in [6, 6.07) is 7.92. The third-order valence-corrected chi connectivity index (χ3v) is 6.98. The highest BCUT2D eigenvalue weighted by Gasteiger charge is 2.19. The molecule has 1 aromatic rings. The second-order valence-corrected chi connectivity index (χ2v) is 12.7. The van der Waals surface area contributed by atoms with Gasteiger partial charge in [0, 0.05) is 19.7 Å². The van der Waals surface area contributed by atoms with Gasteiger partial charge >= 0.3 is 6.09 Å². The Kier molecular flexibility index (Phi) is 23.0. The van der Waals surface area contributed by atoms with Crippen molar-refractivity contribution in [3.63, 3.8) is 0 Å². The number of quaternary nitrogens is 2. The monoisotopic (exact) mass is 663 g/mol. The van der Waals surface area contributed by atoms with Crippen molar-refractivity contribution in [2.45, 2.75) is 96.4 Å². The van der Waals surface area contributed by atoms with Gasteiger partial charge in [0.25, 0.3) is 0 Å². The van der Waals surface area contributed by atoms with Crippen LogP contribution in [0.15, 0.2) is 24.3 Å². The molecule has 0 saturated carbocycles. The van der Waals surface area contributed by atoms with Gasteiger partial charge in [0.05, 0.1) is 48.3 Å². The molecule has 224 valence electrons. The summed E-state index contributed by atoms with van der Waals surface area (Å²) in [5, 5.41) is 0. The van der Waals surface area contributed by atoms with Crippen molar-refractivity contribution in [2.24, 2.45) is 0 Å². The molecular formula is C31H59Br2N3O2. The maximum atomic E-state index is 12.0. The number of para-hydroxylation sites is 1. The van der Waals surface area contributed by atoms with E-state index in [4.69, 9.17) is 4.74 Å². The molecule has 0 heterocycles. The fourth-order valence-electron chi connectivity index (χ4n) is 4.71. The molecule has 0 fully saturated rings. The van der Waals surface area contributed by atoms with Gasteiger partial charge < -0.3 is 52.6 Å². The highest BCUT2D eigenvalue weighted by Crippen LogP contribution is 2.23. The molecule has 1 rings (SSSR count). The van der Waals surface area contributed by atoms with Gasteiger partial charge in [-0.2, -0.15) is 0 Å². The summed E-state index contributed by atoms with van der Waals surface area (Å²) in [6.07, 6.45) is 19.1. The molecule has 0 aromatic heterocycles. The van der Waals surface area contributed by atoms with E-state index in [2.05, 4.69) is 41.3 Å². The molecule has 1 aromatic carbocycles. The van der Waals surface area contributed by atoms with Crippen LogP contribution in [0.2, 0.25) is 0 Å².